The maximum atomic E-state index is 14.0. The van der Waals surface area contributed by atoms with Crippen LogP contribution in [0.2, 0.25) is 5.02 Å². The molecule has 0 spiro atoms. The predicted octanol–water partition coefficient (Wildman–Crippen LogP) is 5.42. The normalized spacial score (nSPS) is 11.3. The average molecular weight is 435 g/mol. The van der Waals surface area contributed by atoms with Gasteiger partial charge in [0.1, 0.15) is 21.9 Å². The van der Waals surface area contributed by atoms with Crippen LogP contribution in [0.3, 0.4) is 0 Å². The molecule has 0 unspecified atom stereocenters. The van der Waals surface area contributed by atoms with Crippen molar-refractivity contribution >= 4 is 43.2 Å². The van der Waals surface area contributed by atoms with Gasteiger partial charge in [-0.1, -0.05) is 29.8 Å². The molecule has 0 aliphatic heterocycles. The Kier molecular flexibility index (Phi) is 4.46. The van der Waals surface area contributed by atoms with Gasteiger partial charge in [0.05, 0.1) is 5.69 Å². The molecule has 4 nitrogen and oxygen atoms in total. The summed E-state index contributed by atoms with van der Waals surface area (Å²) >= 11 is 7.29. The van der Waals surface area contributed by atoms with Crippen molar-refractivity contribution < 1.29 is 4.39 Å². The van der Waals surface area contributed by atoms with Gasteiger partial charge in [-0.3, -0.25) is 14.2 Å². The lowest BCUT2D eigenvalue weighted by molar-refractivity contribution is 0.626. The van der Waals surface area contributed by atoms with Crippen molar-refractivity contribution in [2.45, 2.75) is 0 Å². The fraction of sp³-hybridized carbons (Fsp3) is 0. The van der Waals surface area contributed by atoms with Crippen LogP contribution in [0, 0.1) is 5.82 Å². The van der Waals surface area contributed by atoms with E-state index < -0.39 is 11.4 Å². The van der Waals surface area contributed by atoms with Crippen molar-refractivity contribution in [1.29, 1.82) is 0 Å². The van der Waals surface area contributed by atoms with E-state index in [1.165, 1.54) is 34.1 Å². The van der Waals surface area contributed by atoms with E-state index in [4.69, 9.17) is 11.6 Å². The van der Waals surface area contributed by atoms with Crippen molar-refractivity contribution in [2.75, 3.05) is 0 Å². The molecule has 7 heteroatoms. The number of aromatic nitrogens is 2. The molecule has 0 saturated carbocycles. The fourth-order valence-corrected chi connectivity index (χ4v) is 4.56. The van der Waals surface area contributed by atoms with E-state index in [0.717, 1.165) is 4.70 Å². The number of nitrogens with zero attached hydrogens (tertiary/aromatic N) is 2. The second kappa shape index (κ2) is 7.16. The number of halogens is 2. The fourth-order valence-electron chi connectivity index (χ4n) is 3.40. The van der Waals surface area contributed by atoms with Gasteiger partial charge in [0.15, 0.2) is 0 Å². The number of hydrogen-bond donors (Lipinski definition) is 0. The lowest BCUT2D eigenvalue weighted by Crippen LogP contribution is -2.26. The Balaban J connectivity index is 1.97. The molecule has 0 atom stereocenters. The molecular formula is C23H12ClFN2O2S. The van der Waals surface area contributed by atoms with E-state index >= 15 is 0 Å². The number of hydrogen-bond acceptors (Lipinski definition) is 4. The molecule has 146 valence electrons. The van der Waals surface area contributed by atoms with Gasteiger partial charge in [-0.05, 0) is 54.6 Å². The monoisotopic (exact) mass is 434 g/mol. The zero-order valence-corrected chi connectivity index (χ0v) is 16.9. The molecule has 0 saturated heterocycles. The van der Waals surface area contributed by atoms with E-state index in [2.05, 4.69) is 4.98 Å². The largest absolute Gasteiger partial charge is 0.288 e. The van der Waals surface area contributed by atoms with Crippen LogP contribution in [0.4, 0.5) is 4.39 Å². The van der Waals surface area contributed by atoms with Crippen LogP contribution >= 0.6 is 22.9 Å². The summed E-state index contributed by atoms with van der Waals surface area (Å²) in [5.74, 6) is -0.189. The quantitative estimate of drug-likeness (QED) is 0.348. The van der Waals surface area contributed by atoms with Gasteiger partial charge in [0.25, 0.3) is 5.56 Å². The van der Waals surface area contributed by atoms with Crippen LogP contribution in [-0.4, -0.2) is 9.55 Å². The standard InChI is InChI=1S/C23H12ClFN2O2S/c24-14-10-8-13(9-11-14)21-26-22-19(20(28)17-6-1-2-7-18(17)30-22)23(29)27(21)16-5-3-4-15(25)12-16/h1-12H. The Morgan fingerprint density at radius 1 is 0.933 bits per heavy atom. The highest BCUT2D eigenvalue weighted by atomic mass is 35.5. The first-order valence-corrected chi connectivity index (χ1v) is 10.2. The van der Waals surface area contributed by atoms with Gasteiger partial charge < -0.3 is 0 Å². The van der Waals surface area contributed by atoms with Crippen molar-refractivity contribution in [3.05, 3.63) is 104 Å². The molecule has 5 rings (SSSR count). The second-order valence-electron chi connectivity index (χ2n) is 6.67. The first-order chi connectivity index (χ1) is 14.5. The SMILES string of the molecule is O=c1c2ccccc2sc2nc(-c3ccc(Cl)cc3)n(-c3cccc(F)c3)c(=O)c12. The minimum atomic E-state index is -0.539. The van der Waals surface area contributed by atoms with Crippen LogP contribution in [-0.2, 0) is 0 Å². The van der Waals surface area contributed by atoms with Crippen LogP contribution in [0.15, 0.2) is 82.4 Å². The molecule has 0 N–H and O–H groups in total. The maximum absolute atomic E-state index is 14.0. The summed E-state index contributed by atoms with van der Waals surface area (Å²) < 4.78 is 16.0. The molecule has 30 heavy (non-hydrogen) atoms. The summed E-state index contributed by atoms with van der Waals surface area (Å²) in [7, 11) is 0. The van der Waals surface area contributed by atoms with Crippen LogP contribution in [0.5, 0.6) is 0 Å². The molecule has 0 aliphatic rings. The molecule has 2 aromatic heterocycles. The van der Waals surface area contributed by atoms with E-state index in [0.29, 0.717) is 26.6 Å². The molecule has 0 fully saturated rings. The maximum Gasteiger partial charge on any atom is 0.271 e. The Morgan fingerprint density at radius 2 is 1.70 bits per heavy atom. The lowest BCUT2D eigenvalue weighted by Gasteiger charge is -2.14. The van der Waals surface area contributed by atoms with Gasteiger partial charge >= 0.3 is 0 Å². The molecule has 5 aromatic rings. The van der Waals surface area contributed by atoms with Gasteiger partial charge in [-0.25, -0.2) is 9.37 Å². The highest BCUT2D eigenvalue weighted by Crippen LogP contribution is 2.27. The minimum absolute atomic E-state index is 0.0133. The van der Waals surface area contributed by atoms with E-state index in [9.17, 15) is 14.0 Å². The summed E-state index contributed by atoms with van der Waals surface area (Å²) in [4.78, 5) is 31.7. The van der Waals surface area contributed by atoms with Crippen LogP contribution in [0.25, 0.3) is 37.4 Å². The van der Waals surface area contributed by atoms with Crippen molar-refractivity contribution in [1.82, 2.24) is 9.55 Å². The number of benzene rings is 3. The highest BCUT2D eigenvalue weighted by Gasteiger charge is 2.19. The first kappa shape index (κ1) is 18.7. The molecule has 0 bridgehead atoms. The molecule has 3 aromatic carbocycles. The van der Waals surface area contributed by atoms with E-state index in [-0.39, 0.29) is 16.5 Å². The Bertz CT molecular complexity index is 1560. The Hall–Kier alpha value is -3.35. The topological polar surface area (TPSA) is 52.0 Å². The van der Waals surface area contributed by atoms with Gasteiger partial charge in [-0.2, -0.15) is 0 Å². The zero-order chi connectivity index (χ0) is 20.8. The summed E-state index contributed by atoms with van der Waals surface area (Å²) in [5.41, 5.74) is -0.0143. The van der Waals surface area contributed by atoms with Crippen molar-refractivity contribution in [3.8, 4) is 17.1 Å². The number of fused-ring (bicyclic) bond motifs is 2. The molecule has 0 aliphatic carbocycles. The molecule has 2 heterocycles. The van der Waals surface area contributed by atoms with Gasteiger partial charge in [0.2, 0.25) is 5.43 Å². The highest BCUT2D eigenvalue weighted by molar-refractivity contribution is 7.24. The van der Waals surface area contributed by atoms with Crippen molar-refractivity contribution in [3.63, 3.8) is 0 Å². The summed E-state index contributed by atoms with van der Waals surface area (Å²) in [6.07, 6.45) is 0. The van der Waals surface area contributed by atoms with Gasteiger partial charge in [-0.15, -0.1) is 11.3 Å². The number of rotatable bonds is 2. The smallest absolute Gasteiger partial charge is 0.271 e. The lowest BCUT2D eigenvalue weighted by atomic mass is 10.1. The minimum Gasteiger partial charge on any atom is -0.288 e. The average Bonchev–Trinajstić information content (AvgIpc) is 2.74. The Labute approximate surface area is 178 Å². The summed E-state index contributed by atoms with van der Waals surface area (Å²) in [6.45, 7) is 0. The van der Waals surface area contributed by atoms with Gasteiger partial charge in [0, 0.05) is 20.7 Å². The third kappa shape index (κ3) is 3.01. The summed E-state index contributed by atoms with van der Waals surface area (Å²) in [5, 5.41) is 0.981. The second-order valence-corrected chi connectivity index (χ2v) is 8.14. The van der Waals surface area contributed by atoms with Crippen molar-refractivity contribution in [2.24, 2.45) is 0 Å². The molecule has 0 radical (unpaired) electrons. The van der Waals surface area contributed by atoms with Crippen LogP contribution < -0.4 is 11.0 Å². The molecular weight excluding hydrogens is 423 g/mol. The predicted molar refractivity (Wildman–Crippen MR) is 119 cm³/mol. The van der Waals surface area contributed by atoms with E-state index in [1.54, 1.807) is 42.5 Å². The molecule has 0 amide bonds. The zero-order valence-electron chi connectivity index (χ0n) is 15.3. The third-order valence-electron chi connectivity index (χ3n) is 4.78. The summed E-state index contributed by atoms with van der Waals surface area (Å²) in [6, 6.07) is 19.6. The first-order valence-electron chi connectivity index (χ1n) is 9.03. The van der Waals surface area contributed by atoms with E-state index in [1.807, 2.05) is 12.1 Å². The van der Waals surface area contributed by atoms with Crippen LogP contribution in [0.1, 0.15) is 0 Å². The third-order valence-corrected chi connectivity index (χ3v) is 6.10. The Morgan fingerprint density at radius 3 is 2.47 bits per heavy atom.